The lowest BCUT2D eigenvalue weighted by Crippen LogP contribution is -2.06. The van der Waals surface area contributed by atoms with Crippen molar-refractivity contribution in [3.05, 3.63) is 41.7 Å². The fraction of sp³-hybridized carbons (Fsp3) is 0.154. The average Bonchev–Trinajstić information content (AvgIpc) is 2.37. The predicted octanol–water partition coefficient (Wildman–Crippen LogP) is 2.11. The Bertz CT molecular complexity index is 597. The number of benzene rings is 1. The quantitative estimate of drug-likeness (QED) is 0.863. The Balaban J connectivity index is 2.51. The molecule has 0 fully saturated rings. The van der Waals surface area contributed by atoms with Crippen LogP contribution in [-0.2, 0) is 6.42 Å². The first-order chi connectivity index (χ1) is 8.61. The Hall–Kier alpha value is -2.43. The molecule has 0 saturated heterocycles. The molecule has 0 saturated carbocycles. The summed E-state index contributed by atoms with van der Waals surface area (Å²) in [6.45, 7) is 1.83. The van der Waals surface area contributed by atoms with E-state index in [1.165, 1.54) is 12.3 Å². The van der Waals surface area contributed by atoms with E-state index in [-0.39, 0.29) is 11.3 Å². The van der Waals surface area contributed by atoms with E-state index in [9.17, 15) is 9.90 Å². The van der Waals surface area contributed by atoms with Gasteiger partial charge in [-0.05, 0) is 18.6 Å². The van der Waals surface area contributed by atoms with Gasteiger partial charge in [-0.2, -0.15) is 0 Å². The summed E-state index contributed by atoms with van der Waals surface area (Å²) in [4.78, 5) is 19.2. The molecule has 0 aliphatic carbocycles. The summed E-state index contributed by atoms with van der Waals surface area (Å²) < 4.78 is 0. The predicted molar refractivity (Wildman–Crippen MR) is 65.5 cm³/mol. The second kappa shape index (κ2) is 4.83. The smallest absolute Gasteiger partial charge is 0.339 e. The fourth-order valence-electron chi connectivity index (χ4n) is 1.65. The first-order valence-electron chi connectivity index (χ1n) is 5.50. The molecule has 1 aromatic heterocycles. The number of phenols is 1. The highest BCUT2D eigenvalue weighted by molar-refractivity contribution is 5.88. The molecule has 92 valence electrons. The van der Waals surface area contributed by atoms with Crippen molar-refractivity contribution in [2.45, 2.75) is 13.3 Å². The lowest BCUT2D eigenvalue weighted by Gasteiger charge is -2.05. The van der Waals surface area contributed by atoms with E-state index in [0.717, 1.165) is 0 Å². The summed E-state index contributed by atoms with van der Waals surface area (Å²) in [7, 11) is 0. The van der Waals surface area contributed by atoms with Gasteiger partial charge < -0.3 is 10.2 Å². The monoisotopic (exact) mass is 244 g/mol. The maximum Gasteiger partial charge on any atom is 0.339 e. The van der Waals surface area contributed by atoms with Crippen LogP contribution in [0.2, 0.25) is 0 Å². The van der Waals surface area contributed by atoms with Gasteiger partial charge in [0, 0.05) is 11.8 Å². The number of aromatic hydroxyl groups is 1. The molecule has 0 amide bonds. The highest BCUT2D eigenvalue weighted by Gasteiger charge is 2.12. The third-order valence-electron chi connectivity index (χ3n) is 2.54. The molecule has 5 nitrogen and oxygen atoms in total. The lowest BCUT2D eigenvalue weighted by atomic mass is 10.1. The average molecular weight is 244 g/mol. The molecular formula is C13H12N2O3. The van der Waals surface area contributed by atoms with Crippen molar-refractivity contribution in [2.75, 3.05) is 0 Å². The van der Waals surface area contributed by atoms with Crippen LogP contribution in [0.1, 0.15) is 23.0 Å². The Kier molecular flexibility index (Phi) is 3.23. The van der Waals surface area contributed by atoms with E-state index in [4.69, 9.17) is 5.11 Å². The Morgan fingerprint density at radius 2 is 2.17 bits per heavy atom. The second-order valence-corrected chi connectivity index (χ2v) is 3.76. The van der Waals surface area contributed by atoms with Crippen molar-refractivity contribution in [3.63, 3.8) is 0 Å². The second-order valence-electron chi connectivity index (χ2n) is 3.76. The number of aromatic carboxylic acids is 1. The van der Waals surface area contributed by atoms with Crippen LogP contribution in [-0.4, -0.2) is 26.2 Å². The van der Waals surface area contributed by atoms with Crippen molar-refractivity contribution in [1.82, 2.24) is 9.97 Å². The van der Waals surface area contributed by atoms with Gasteiger partial charge in [0.15, 0.2) is 5.82 Å². The highest BCUT2D eigenvalue weighted by Crippen LogP contribution is 2.20. The van der Waals surface area contributed by atoms with Crippen molar-refractivity contribution < 1.29 is 15.0 Å². The molecule has 0 unspecified atom stereocenters. The van der Waals surface area contributed by atoms with Crippen molar-refractivity contribution in [2.24, 2.45) is 0 Å². The first-order valence-corrected chi connectivity index (χ1v) is 5.50. The molecule has 1 heterocycles. The SMILES string of the molecule is CCc1nc(-c2cccc(O)c2)ncc1C(=O)O. The minimum absolute atomic E-state index is 0.112. The van der Waals surface area contributed by atoms with E-state index >= 15 is 0 Å². The van der Waals surface area contributed by atoms with Crippen LogP contribution in [0.4, 0.5) is 0 Å². The maximum absolute atomic E-state index is 11.0. The summed E-state index contributed by atoms with van der Waals surface area (Å²) in [5.74, 6) is -0.501. The number of phenolic OH excluding ortho intramolecular Hbond substituents is 1. The molecule has 2 N–H and O–H groups in total. The lowest BCUT2D eigenvalue weighted by molar-refractivity contribution is 0.0694. The molecule has 5 heteroatoms. The van der Waals surface area contributed by atoms with E-state index in [1.54, 1.807) is 18.2 Å². The molecule has 2 aromatic rings. The van der Waals surface area contributed by atoms with Crippen LogP contribution in [0.25, 0.3) is 11.4 Å². The standard InChI is InChI=1S/C13H12N2O3/c1-2-11-10(13(17)18)7-14-12(15-11)8-4-3-5-9(16)6-8/h3-7,16H,2H2,1H3,(H,17,18). The molecule has 0 spiro atoms. The minimum Gasteiger partial charge on any atom is -0.508 e. The zero-order valence-electron chi connectivity index (χ0n) is 9.79. The van der Waals surface area contributed by atoms with Crippen LogP contribution in [0.15, 0.2) is 30.5 Å². The molecule has 0 atom stereocenters. The zero-order chi connectivity index (χ0) is 13.1. The number of carboxylic acid groups (broad SMARTS) is 1. The summed E-state index contributed by atoms with van der Waals surface area (Å²) in [5, 5.41) is 18.4. The summed E-state index contributed by atoms with van der Waals surface area (Å²) in [5.41, 5.74) is 1.25. The Morgan fingerprint density at radius 3 is 2.78 bits per heavy atom. The van der Waals surface area contributed by atoms with Gasteiger partial charge in [0.1, 0.15) is 5.75 Å². The van der Waals surface area contributed by atoms with Gasteiger partial charge in [0.25, 0.3) is 0 Å². The third-order valence-corrected chi connectivity index (χ3v) is 2.54. The van der Waals surface area contributed by atoms with Crippen molar-refractivity contribution in [1.29, 1.82) is 0 Å². The summed E-state index contributed by atoms with van der Waals surface area (Å²) in [6.07, 6.45) is 1.81. The Morgan fingerprint density at radius 1 is 1.39 bits per heavy atom. The number of rotatable bonds is 3. The highest BCUT2D eigenvalue weighted by atomic mass is 16.4. The van der Waals surface area contributed by atoms with Gasteiger partial charge in [-0.1, -0.05) is 19.1 Å². The number of hydrogen-bond donors (Lipinski definition) is 2. The van der Waals surface area contributed by atoms with Gasteiger partial charge in [0.05, 0.1) is 11.3 Å². The Labute approximate surface area is 104 Å². The number of hydrogen-bond acceptors (Lipinski definition) is 4. The molecule has 0 aliphatic rings. The van der Waals surface area contributed by atoms with Crippen LogP contribution >= 0.6 is 0 Å². The zero-order valence-corrected chi connectivity index (χ0v) is 9.79. The topological polar surface area (TPSA) is 83.3 Å². The molecule has 2 rings (SSSR count). The largest absolute Gasteiger partial charge is 0.508 e. The van der Waals surface area contributed by atoms with Gasteiger partial charge in [-0.3, -0.25) is 0 Å². The van der Waals surface area contributed by atoms with Gasteiger partial charge >= 0.3 is 5.97 Å². The first kappa shape index (κ1) is 12.0. The number of aryl methyl sites for hydroxylation is 1. The van der Waals surface area contributed by atoms with E-state index < -0.39 is 5.97 Å². The normalized spacial score (nSPS) is 10.3. The van der Waals surface area contributed by atoms with Gasteiger partial charge in [-0.15, -0.1) is 0 Å². The third kappa shape index (κ3) is 2.29. The molecule has 0 bridgehead atoms. The van der Waals surface area contributed by atoms with E-state index in [2.05, 4.69) is 9.97 Å². The minimum atomic E-state index is -1.03. The van der Waals surface area contributed by atoms with Crippen LogP contribution < -0.4 is 0 Å². The molecule has 0 radical (unpaired) electrons. The van der Waals surface area contributed by atoms with Crippen LogP contribution in [0.5, 0.6) is 5.75 Å². The number of carboxylic acids is 1. The van der Waals surface area contributed by atoms with Crippen LogP contribution in [0, 0.1) is 0 Å². The molecule has 18 heavy (non-hydrogen) atoms. The maximum atomic E-state index is 11.0. The molecular weight excluding hydrogens is 232 g/mol. The molecule has 0 aliphatic heterocycles. The van der Waals surface area contributed by atoms with Crippen molar-refractivity contribution in [3.8, 4) is 17.1 Å². The number of nitrogens with zero attached hydrogens (tertiary/aromatic N) is 2. The van der Waals surface area contributed by atoms with Crippen molar-refractivity contribution >= 4 is 5.97 Å². The summed E-state index contributed by atoms with van der Waals surface area (Å²) >= 11 is 0. The van der Waals surface area contributed by atoms with Crippen LogP contribution in [0.3, 0.4) is 0 Å². The van der Waals surface area contributed by atoms with E-state index in [0.29, 0.717) is 23.5 Å². The fourth-order valence-corrected chi connectivity index (χ4v) is 1.65. The van der Waals surface area contributed by atoms with Gasteiger partial charge in [-0.25, -0.2) is 14.8 Å². The van der Waals surface area contributed by atoms with Gasteiger partial charge in [0.2, 0.25) is 0 Å². The van der Waals surface area contributed by atoms with E-state index in [1.807, 2.05) is 6.92 Å². The number of carbonyl (C=O) groups is 1. The molecule has 1 aromatic carbocycles. The number of aromatic nitrogens is 2. The summed E-state index contributed by atoms with van der Waals surface area (Å²) in [6, 6.07) is 6.53.